The highest BCUT2D eigenvalue weighted by atomic mass is 31.2. The molecule has 5 nitrogen and oxygen atoms in total. The zero-order chi connectivity index (χ0) is 11.0. The lowest BCUT2D eigenvalue weighted by Gasteiger charge is -2.19. The van der Waals surface area contributed by atoms with Crippen LogP contribution in [0.3, 0.4) is 0 Å². The van der Waals surface area contributed by atoms with Gasteiger partial charge in [-0.2, -0.15) is 0 Å². The largest absolute Gasteiger partial charge is 0.474 e. The lowest BCUT2D eigenvalue weighted by atomic mass is 10.5. The highest BCUT2D eigenvalue weighted by molar-refractivity contribution is 7.48. The van der Waals surface area contributed by atoms with Gasteiger partial charge in [0.1, 0.15) is 0 Å². The van der Waals surface area contributed by atoms with Gasteiger partial charge in [-0.1, -0.05) is 13.8 Å². The summed E-state index contributed by atoms with van der Waals surface area (Å²) in [5.41, 5.74) is 0. The molecule has 0 saturated heterocycles. The molecule has 0 aliphatic carbocycles. The van der Waals surface area contributed by atoms with Gasteiger partial charge >= 0.3 is 7.82 Å². The predicted octanol–water partition coefficient (Wildman–Crippen LogP) is 1.75. The van der Waals surface area contributed by atoms with Crippen molar-refractivity contribution in [2.75, 3.05) is 40.5 Å². The molecule has 0 amide bonds. The van der Waals surface area contributed by atoms with Gasteiger partial charge in [0.05, 0.1) is 6.61 Å². The molecule has 0 aromatic rings. The molecule has 0 aliphatic heterocycles. The van der Waals surface area contributed by atoms with E-state index in [9.17, 15) is 4.57 Å². The van der Waals surface area contributed by atoms with Crippen molar-refractivity contribution in [3.05, 3.63) is 0 Å². The van der Waals surface area contributed by atoms with Crippen LogP contribution in [0.2, 0.25) is 0 Å². The first kappa shape index (κ1) is 14.1. The fraction of sp³-hybridized carbons (Fsp3) is 1.00. The van der Waals surface area contributed by atoms with Crippen molar-refractivity contribution in [2.24, 2.45) is 0 Å². The third-order valence-corrected chi connectivity index (χ3v) is 3.39. The molecule has 0 heterocycles. The molecule has 0 aromatic heterocycles. The first-order valence-electron chi connectivity index (χ1n) is 4.70. The van der Waals surface area contributed by atoms with E-state index in [-0.39, 0.29) is 0 Å². The number of phosphoric acid groups is 1. The van der Waals surface area contributed by atoms with Crippen molar-refractivity contribution in [2.45, 2.75) is 13.8 Å². The number of likely N-dealkylation sites (N-methyl/N-ethyl adjacent to an activating group) is 1. The summed E-state index contributed by atoms with van der Waals surface area (Å²) >= 11 is 0. The number of rotatable bonds is 8. The van der Waals surface area contributed by atoms with Crippen LogP contribution in [0.15, 0.2) is 0 Å². The molecule has 14 heavy (non-hydrogen) atoms. The average molecular weight is 225 g/mol. The molecule has 0 spiro atoms. The monoisotopic (exact) mass is 225 g/mol. The fourth-order valence-electron chi connectivity index (χ4n) is 1.00. The molecule has 0 aromatic carbocycles. The summed E-state index contributed by atoms with van der Waals surface area (Å²) in [6.45, 7) is 7.10. The quantitative estimate of drug-likeness (QED) is 0.589. The molecule has 0 aliphatic rings. The van der Waals surface area contributed by atoms with Crippen LogP contribution in [0.1, 0.15) is 13.8 Å². The maximum absolute atomic E-state index is 11.4. The molecule has 0 fully saturated rings. The number of phosphoric ester groups is 1. The Hall–Kier alpha value is 0.0700. The Bertz CT molecular complexity index is 176. The summed E-state index contributed by atoms with van der Waals surface area (Å²) in [5.74, 6) is 0. The van der Waals surface area contributed by atoms with Crippen molar-refractivity contribution in [3.63, 3.8) is 0 Å². The van der Waals surface area contributed by atoms with Gasteiger partial charge in [-0.3, -0.25) is 13.6 Å². The van der Waals surface area contributed by atoms with Crippen molar-refractivity contribution in [3.8, 4) is 0 Å². The van der Waals surface area contributed by atoms with E-state index < -0.39 is 7.82 Å². The third kappa shape index (κ3) is 5.08. The lowest BCUT2D eigenvalue weighted by Crippen LogP contribution is -2.26. The summed E-state index contributed by atoms with van der Waals surface area (Å²) in [7, 11) is -0.671. The van der Waals surface area contributed by atoms with Crippen LogP contribution in [0.25, 0.3) is 0 Å². The van der Waals surface area contributed by atoms with Gasteiger partial charge in [-0.25, -0.2) is 4.57 Å². The molecular formula is C8H20NO4P. The molecule has 0 bridgehead atoms. The van der Waals surface area contributed by atoms with Crippen LogP contribution in [-0.2, 0) is 18.1 Å². The number of nitrogens with zero attached hydrogens (tertiary/aromatic N) is 1. The first-order valence-corrected chi connectivity index (χ1v) is 6.16. The Balaban J connectivity index is 3.76. The van der Waals surface area contributed by atoms with Crippen LogP contribution in [-0.4, -0.2) is 45.4 Å². The topological polar surface area (TPSA) is 48.0 Å². The van der Waals surface area contributed by atoms with Gasteiger partial charge in [0.15, 0.2) is 0 Å². The standard InChI is InChI=1S/C8H20NO4P/c1-5-9(6-2)7-8-13-14(10,11-3)12-4/h5-8H2,1-4H3. The molecule has 0 unspecified atom stereocenters. The molecule has 86 valence electrons. The lowest BCUT2D eigenvalue weighted by molar-refractivity contribution is 0.135. The molecule has 0 atom stereocenters. The van der Waals surface area contributed by atoms with Crippen molar-refractivity contribution >= 4 is 7.82 Å². The van der Waals surface area contributed by atoms with Gasteiger partial charge in [-0.15, -0.1) is 0 Å². The van der Waals surface area contributed by atoms with Crippen LogP contribution >= 0.6 is 7.82 Å². The maximum atomic E-state index is 11.4. The average Bonchev–Trinajstić information content (AvgIpc) is 2.24. The third-order valence-electron chi connectivity index (χ3n) is 2.00. The fourth-order valence-corrected chi connectivity index (χ4v) is 1.67. The first-order chi connectivity index (χ1) is 6.61. The van der Waals surface area contributed by atoms with E-state index in [1.807, 2.05) is 0 Å². The Morgan fingerprint density at radius 1 is 1.14 bits per heavy atom. The minimum Gasteiger partial charge on any atom is -0.302 e. The van der Waals surface area contributed by atoms with Crippen LogP contribution in [0, 0.1) is 0 Å². The van der Waals surface area contributed by atoms with Gasteiger partial charge in [0.25, 0.3) is 0 Å². The van der Waals surface area contributed by atoms with E-state index in [1.165, 1.54) is 14.2 Å². The van der Waals surface area contributed by atoms with Crippen LogP contribution < -0.4 is 0 Å². The van der Waals surface area contributed by atoms with Crippen LogP contribution in [0.4, 0.5) is 0 Å². The molecule has 6 heteroatoms. The minimum absolute atomic E-state index is 0.348. The van der Waals surface area contributed by atoms with Crippen molar-refractivity contribution in [1.29, 1.82) is 0 Å². The van der Waals surface area contributed by atoms with Crippen molar-refractivity contribution in [1.82, 2.24) is 4.90 Å². The van der Waals surface area contributed by atoms with Gasteiger partial charge < -0.3 is 4.90 Å². The van der Waals surface area contributed by atoms with Gasteiger partial charge in [-0.05, 0) is 13.1 Å². The Labute approximate surface area is 85.9 Å². The SMILES string of the molecule is CCN(CC)CCOP(=O)(OC)OC. The van der Waals surface area contributed by atoms with Gasteiger partial charge in [0.2, 0.25) is 0 Å². The normalized spacial score (nSPS) is 12.4. The zero-order valence-electron chi connectivity index (χ0n) is 9.36. The van der Waals surface area contributed by atoms with Gasteiger partial charge in [0, 0.05) is 20.8 Å². The Morgan fingerprint density at radius 3 is 2.00 bits per heavy atom. The highest BCUT2D eigenvalue weighted by Gasteiger charge is 2.22. The van der Waals surface area contributed by atoms with E-state index in [4.69, 9.17) is 4.52 Å². The summed E-state index contributed by atoms with van der Waals surface area (Å²) < 4.78 is 25.7. The maximum Gasteiger partial charge on any atom is 0.474 e. The Kier molecular flexibility index (Phi) is 7.41. The number of hydrogen-bond donors (Lipinski definition) is 0. The van der Waals surface area contributed by atoms with Crippen molar-refractivity contribution < 1.29 is 18.1 Å². The summed E-state index contributed by atoms with van der Waals surface area (Å²) in [5, 5.41) is 0. The molecule has 0 rings (SSSR count). The Morgan fingerprint density at radius 2 is 1.64 bits per heavy atom. The molecule has 0 saturated carbocycles. The second-order valence-electron chi connectivity index (χ2n) is 2.67. The summed E-state index contributed by atoms with van der Waals surface area (Å²) in [6.07, 6.45) is 0. The van der Waals surface area contributed by atoms with Crippen LogP contribution in [0.5, 0.6) is 0 Å². The predicted molar refractivity (Wildman–Crippen MR) is 55.4 cm³/mol. The second-order valence-corrected chi connectivity index (χ2v) is 4.56. The summed E-state index contributed by atoms with van der Waals surface area (Å²) in [6, 6.07) is 0. The highest BCUT2D eigenvalue weighted by Crippen LogP contribution is 2.47. The summed E-state index contributed by atoms with van der Waals surface area (Å²) in [4.78, 5) is 2.16. The zero-order valence-corrected chi connectivity index (χ0v) is 10.3. The molecule has 0 radical (unpaired) electrons. The van der Waals surface area contributed by atoms with E-state index in [1.54, 1.807) is 0 Å². The molecular weight excluding hydrogens is 205 g/mol. The smallest absolute Gasteiger partial charge is 0.302 e. The van der Waals surface area contributed by atoms with E-state index >= 15 is 0 Å². The van der Waals surface area contributed by atoms with E-state index in [0.717, 1.165) is 19.6 Å². The number of hydrogen-bond acceptors (Lipinski definition) is 5. The van der Waals surface area contributed by atoms with E-state index in [2.05, 4.69) is 27.8 Å². The molecule has 0 N–H and O–H groups in total. The minimum atomic E-state index is -3.28. The van der Waals surface area contributed by atoms with E-state index in [0.29, 0.717) is 6.61 Å². The second kappa shape index (κ2) is 7.37.